The second-order valence-electron chi connectivity index (χ2n) is 10.4. The van der Waals surface area contributed by atoms with Gasteiger partial charge in [0, 0.05) is 6.54 Å². The zero-order valence-corrected chi connectivity index (χ0v) is 22.1. The lowest BCUT2D eigenvalue weighted by Gasteiger charge is -2.38. The molecule has 1 aromatic carbocycles. The SMILES string of the molecule is C=CCN(Cn1nnc2ccccc21)C(=O)C1N([C@H](C)CO)C(=O)[C@@H]2[C@@H](C(=O)OCC)[C@@]3(CC)CCC12O3. The van der Waals surface area contributed by atoms with E-state index in [0.717, 1.165) is 5.52 Å². The van der Waals surface area contributed by atoms with E-state index in [1.54, 1.807) is 29.5 Å². The second kappa shape index (κ2) is 9.77. The van der Waals surface area contributed by atoms with Crippen LogP contribution in [0, 0.1) is 11.8 Å². The van der Waals surface area contributed by atoms with Gasteiger partial charge in [-0.1, -0.05) is 30.3 Å². The first-order chi connectivity index (χ1) is 18.3. The van der Waals surface area contributed by atoms with Gasteiger partial charge in [0.2, 0.25) is 11.8 Å². The van der Waals surface area contributed by atoms with Crippen LogP contribution in [0.1, 0.15) is 40.0 Å². The van der Waals surface area contributed by atoms with Crippen LogP contribution in [-0.4, -0.2) is 90.7 Å². The summed E-state index contributed by atoms with van der Waals surface area (Å²) in [5.41, 5.74) is -0.609. The van der Waals surface area contributed by atoms with Crippen LogP contribution in [-0.2, 0) is 30.5 Å². The molecule has 3 aliphatic heterocycles. The number of carbonyl (C=O) groups is 3. The van der Waals surface area contributed by atoms with Crippen molar-refractivity contribution in [3.8, 4) is 0 Å². The van der Waals surface area contributed by atoms with Crippen molar-refractivity contribution in [3.63, 3.8) is 0 Å². The van der Waals surface area contributed by atoms with Gasteiger partial charge in [0.15, 0.2) is 0 Å². The molecule has 3 aliphatic rings. The zero-order chi connectivity index (χ0) is 27.2. The van der Waals surface area contributed by atoms with Crippen molar-refractivity contribution in [2.75, 3.05) is 19.8 Å². The summed E-state index contributed by atoms with van der Waals surface area (Å²) in [5.74, 6) is -2.86. The predicted molar refractivity (Wildman–Crippen MR) is 136 cm³/mol. The number of aliphatic hydroxyl groups excluding tert-OH is 1. The van der Waals surface area contributed by atoms with E-state index in [0.29, 0.717) is 24.8 Å². The molecule has 0 aliphatic carbocycles. The molecule has 38 heavy (non-hydrogen) atoms. The van der Waals surface area contributed by atoms with Gasteiger partial charge in [-0.3, -0.25) is 14.4 Å². The molecule has 2 bridgehead atoms. The van der Waals surface area contributed by atoms with Gasteiger partial charge in [0.25, 0.3) is 0 Å². The van der Waals surface area contributed by atoms with Crippen LogP contribution in [0.25, 0.3) is 11.0 Å². The van der Waals surface area contributed by atoms with Crippen LogP contribution in [0.2, 0.25) is 0 Å². The number of carbonyl (C=O) groups excluding carboxylic acids is 3. The Morgan fingerprint density at radius 2 is 2.11 bits per heavy atom. The van der Waals surface area contributed by atoms with Crippen LogP contribution < -0.4 is 0 Å². The summed E-state index contributed by atoms with van der Waals surface area (Å²) in [5, 5.41) is 18.5. The van der Waals surface area contributed by atoms with Crippen molar-refractivity contribution >= 4 is 28.8 Å². The third-order valence-electron chi connectivity index (χ3n) is 8.52. The molecule has 6 atom stereocenters. The highest BCUT2D eigenvalue weighted by Crippen LogP contribution is 2.64. The summed E-state index contributed by atoms with van der Waals surface area (Å²) in [6.45, 7) is 9.30. The minimum Gasteiger partial charge on any atom is -0.466 e. The molecule has 1 N–H and O–H groups in total. The third-order valence-corrected chi connectivity index (χ3v) is 8.52. The van der Waals surface area contributed by atoms with Crippen molar-refractivity contribution in [3.05, 3.63) is 36.9 Å². The van der Waals surface area contributed by atoms with Gasteiger partial charge in [0.1, 0.15) is 29.7 Å². The number of para-hydroxylation sites is 1. The molecule has 4 heterocycles. The summed E-state index contributed by atoms with van der Waals surface area (Å²) < 4.78 is 13.7. The van der Waals surface area contributed by atoms with Crippen LogP contribution >= 0.6 is 0 Å². The number of amides is 2. The number of esters is 1. The highest BCUT2D eigenvalue weighted by Gasteiger charge is 2.79. The Labute approximate surface area is 221 Å². The quantitative estimate of drug-likeness (QED) is 0.365. The first-order valence-electron chi connectivity index (χ1n) is 13.3. The first kappa shape index (κ1) is 26.3. The summed E-state index contributed by atoms with van der Waals surface area (Å²) in [6.07, 6.45) is 3.12. The van der Waals surface area contributed by atoms with Crippen molar-refractivity contribution in [1.29, 1.82) is 0 Å². The van der Waals surface area contributed by atoms with E-state index >= 15 is 0 Å². The van der Waals surface area contributed by atoms with Crippen LogP contribution in [0.5, 0.6) is 0 Å². The van der Waals surface area contributed by atoms with Crippen LogP contribution in [0.3, 0.4) is 0 Å². The fraction of sp³-hybridized carbons (Fsp3) is 0.593. The van der Waals surface area contributed by atoms with E-state index in [1.807, 2.05) is 31.2 Å². The lowest BCUT2D eigenvalue weighted by molar-refractivity contribution is -0.163. The van der Waals surface area contributed by atoms with Crippen LogP contribution in [0.4, 0.5) is 0 Å². The highest BCUT2D eigenvalue weighted by molar-refractivity contribution is 5.98. The number of aromatic nitrogens is 3. The Balaban J connectivity index is 1.57. The Hall–Kier alpha value is -3.31. The molecule has 2 amide bonds. The van der Waals surface area contributed by atoms with Gasteiger partial charge < -0.3 is 24.4 Å². The third kappa shape index (κ3) is 3.66. The van der Waals surface area contributed by atoms with E-state index < -0.39 is 41.1 Å². The Morgan fingerprint density at radius 3 is 2.79 bits per heavy atom. The van der Waals surface area contributed by atoms with Gasteiger partial charge in [0.05, 0.1) is 36.3 Å². The maximum atomic E-state index is 14.4. The summed E-state index contributed by atoms with van der Waals surface area (Å²) in [6, 6.07) is 5.77. The minimum absolute atomic E-state index is 0.0817. The average molecular weight is 526 g/mol. The van der Waals surface area contributed by atoms with Gasteiger partial charge in [-0.25, -0.2) is 4.68 Å². The van der Waals surface area contributed by atoms with E-state index in [4.69, 9.17) is 9.47 Å². The Morgan fingerprint density at radius 1 is 1.34 bits per heavy atom. The molecule has 2 unspecified atom stereocenters. The normalized spacial score (nSPS) is 30.5. The molecule has 3 fully saturated rings. The van der Waals surface area contributed by atoms with Crippen molar-refractivity contribution < 1.29 is 29.0 Å². The van der Waals surface area contributed by atoms with Crippen molar-refractivity contribution in [2.24, 2.45) is 11.8 Å². The molecule has 3 saturated heterocycles. The highest BCUT2D eigenvalue weighted by atomic mass is 16.6. The van der Waals surface area contributed by atoms with Gasteiger partial charge in [-0.15, -0.1) is 11.7 Å². The average Bonchev–Trinajstić information content (AvgIpc) is 3.65. The maximum Gasteiger partial charge on any atom is 0.312 e. The van der Waals surface area contributed by atoms with Gasteiger partial charge >= 0.3 is 5.97 Å². The lowest BCUT2D eigenvalue weighted by Crippen LogP contribution is -2.58. The zero-order valence-electron chi connectivity index (χ0n) is 22.1. The molecule has 11 heteroatoms. The standard InChI is InChI=1S/C27H35N5O6/c1-5-14-30(16-31-19-11-9-8-10-18(19)28-29-31)24(35)22-27-13-12-26(6-2,38-27)21(25(36)37-7-3)20(27)23(34)32(22)17(4)15-33/h5,8-11,17,20-22,33H,1,6-7,12-16H2,2-4H3/t17-,20+,21+,22?,26-,27?/m1/s1. The number of hydrogen-bond donors (Lipinski definition) is 1. The molecule has 0 saturated carbocycles. The molecule has 11 nitrogen and oxygen atoms in total. The van der Waals surface area contributed by atoms with Crippen molar-refractivity contribution in [2.45, 2.75) is 70.0 Å². The summed E-state index contributed by atoms with van der Waals surface area (Å²) in [4.78, 5) is 44.7. The molecule has 5 rings (SSSR count). The number of aliphatic hydroxyl groups is 1. The minimum atomic E-state index is -1.20. The van der Waals surface area contributed by atoms with E-state index in [2.05, 4.69) is 16.9 Å². The number of nitrogens with zero attached hydrogens (tertiary/aromatic N) is 5. The molecular formula is C27H35N5O6. The number of fused-ring (bicyclic) bond motifs is 2. The number of rotatable bonds is 10. The number of hydrogen-bond acceptors (Lipinski definition) is 8. The fourth-order valence-corrected chi connectivity index (χ4v) is 6.82. The molecule has 204 valence electrons. The predicted octanol–water partition coefficient (Wildman–Crippen LogP) is 1.50. The summed E-state index contributed by atoms with van der Waals surface area (Å²) >= 11 is 0. The number of likely N-dealkylation sites (tertiary alicyclic amines) is 1. The summed E-state index contributed by atoms with van der Waals surface area (Å²) in [7, 11) is 0. The second-order valence-corrected chi connectivity index (χ2v) is 10.4. The number of ether oxygens (including phenoxy) is 2. The molecule has 2 aromatic rings. The fourth-order valence-electron chi connectivity index (χ4n) is 6.82. The van der Waals surface area contributed by atoms with Crippen LogP contribution in [0.15, 0.2) is 36.9 Å². The lowest BCUT2D eigenvalue weighted by atomic mass is 9.65. The van der Waals surface area contributed by atoms with E-state index in [1.165, 1.54) is 4.90 Å². The smallest absolute Gasteiger partial charge is 0.312 e. The van der Waals surface area contributed by atoms with Gasteiger partial charge in [-0.05, 0) is 45.2 Å². The largest absolute Gasteiger partial charge is 0.466 e. The number of benzene rings is 1. The maximum absolute atomic E-state index is 14.4. The molecular weight excluding hydrogens is 490 g/mol. The first-order valence-corrected chi connectivity index (χ1v) is 13.3. The monoisotopic (exact) mass is 525 g/mol. The molecule has 1 aromatic heterocycles. The Kier molecular flexibility index (Phi) is 6.77. The van der Waals surface area contributed by atoms with Crippen molar-refractivity contribution in [1.82, 2.24) is 24.8 Å². The van der Waals surface area contributed by atoms with E-state index in [9.17, 15) is 19.5 Å². The topological polar surface area (TPSA) is 127 Å². The molecule has 1 spiro atoms. The Bertz CT molecular complexity index is 1260. The molecule has 0 radical (unpaired) electrons. The van der Waals surface area contributed by atoms with E-state index in [-0.39, 0.29) is 38.2 Å². The van der Waals surface area contributed by atoms with Gasteiger partial charge in [-0.2, -0.15) is 0 Å².